The van der Waals surface area contributed by atoms with Crippen LogP contribution < -0.4 is 0 Å². The van der Waals surface area contributed by atoms with Crippen molar-refractivity contribution in [3.8, 4) is 0 Å². The Labute approximate surface area is 204 Å². The van der Waals surface area contributed by atoms with Crippen LogP contribution >= 0.6 is 0 Å². The number of aliphatic hydroxyl groups excluding tert-OH is 1. The van der Waals surface area contributed by atoms with Gasteiger partial charge < -0.3 is 24.1 Å². The normalized spacial score (nSPS) is 14.5. The third-order valence-corrected chi connectivity index (χ3v) is 6.39. The van der Waals surface area contributed by atoms with Crippen LogP contribution in [-0.2, 0) is 29.0 Å². The van der Waals surface area contributed by atoms with Crippen molar-refractivity contribution in [2.75, 3.05) is 72.6 Å². The van der Waals surface area contributed by atoms with E-state index in [1.54, 1.807) is 0 Å². The Morgan fingerprint density at radius 1 is 0.622 bits per heavy atom. The molecule has 0 aromatic rings. The Bertz CT molecular complexity index is 767. The van der Waals surface area contributed by atoms with E-state index in [0.29, 0.717) is 0 Å². The van der Waals surface area contributed by atoms with Crippen molar-refractivity contribution >= 4 is 10.0 Å². The van der Waals surface area contributed by atoms with Gasteiger partial charge in [-0.1, -0.05) is 6.92 Å². The fraction of sp³-hybridized carbons (Fsp3) is 1.00. The maximum atomic E-state index is 14.0. The molecule has 20 heteroatoms. The Balaban J connectivity index is 4.93. The van der Waals surface area contributed by atoms with Crippen LogP contribution in [0.2, 0.25) is 0 Å². The van der Waals surface area contributed by atoms with Gasteiger partial charge >= 0.3 is 29.2 Å². The van der Waals surface area contributed by atoms with Crippen molar-refractivity contribution in [3.63, 3.8) is 0 Å². The van der Waals surface area contributed by atoms with Crippen LogP contribution in [-0.4, -0.2) is 120 Å². The molecule has 224 valence electrons. The third-order valence-electron chi connectivity index (χ3n) is 4.36. The fourth-order valence-electron chi connectivity index (χ4n) is 2.32. The molecule has 0 aliphatic heterocycles. The summed E-state index contributed by atoms with van der Waals surface area (Å²) in [7, 11) is -6.90. The van der Waals surface area contributed by atoms with Gasteiger partial charge in [0.2, 0.25) is 0 Å². The van der Waals surface area contributed by atoms with Gasteiger partial charge in [0.15, 0.2) is 0 Å². The van der Waals surface area contributed by atoms with Crippen LogP contribution in [0.15, 0.2) is 0 Å². The average Bonchev–Trinajstić information content (AvgIpc) is 2.77. The standard InChI is InChI=1S/C17H26F11NO7S/c1-2-29(3-5-33-7-9-35-11-12-36-10-8-34-6-4-30)37(31,32)17(27,28)15(22,23)13(18,19)14(20,21)16(24,25)26/h30H,2-12H2,1H3. The number of ether oxygens (including phenoxy) is 4. The van der Waals surface area contributed by atoms with E-state index in [9.17, 15) is 56.7 Å². The van der Waals surface area contributed by atoms with Crippen molar-refractivity contribution in [1.29, 1.82) is 0 Å². The van der Waals surface area contributed by atoms with E-state index in [-0.39, 0.29) is 52.9 Å². The number of halogens is 11. The summed E-state index contributed by atoms with van der Waals surface area (Å²) in [5, 5.41) is 1.41. The number of alkyl halides is 11. The minimum absolute atomic E-state index is 0.0525. The zero-order chi connectivity index (χ0) is 29.2. The van der Waals surface area contributed by atoms with Crippen molar-refractivity contribution in [2.45, 2.75) is 36.1 Å². The van der Waals surface area contributed by atoms with Crippen LogP contribution in [0, 0.1) is 0 Å². The van der Waals surface area contributed by atoms with Crippen molar-refractivity contribution < 1.29 is 80.8 Å². The Hall–Kier alpha value is -1.06. The van der Waals surface area contributed by atoms with Crippen molar-refractivity contribution in [1.82, 2.24) is 4.31 Å². The summed E-state index contributed by atoms with van der Waals surface area (Å²) in [5.74, 6) is -23.2. The first-order valence-electron chi connectivity index (χ1n) is 10.3. The van der Waals surface area contributed by atoms with Crippen molar-refractivity contribution in [3.05, 3.63) is 0 Å². The molecule has 0 aromatic heterocycles. The van der Waals surface area contributed by atoms with E-state index in [1.807, 2.05) is 0 Å². The Kier molecular flexibility index (Phi) is 13.9. The molecule has 0 spiro atoms. The highest BCUT2D eigenvalue weighted by Crippen LogP contribution is 2.58. The molecule has 0 aliphatic rings. The molecule has 0 rings (SSSR count). The minimum atomic E-state index is -7.84. The maximum Gasteiger partial charge on any atom is 0.460 e. The third kappa shape index (κ3) is 8.46. The highest BCUT2D eigenvalue weighted by atomic mass is 32.2. The number of likely N-dealkylation sites (N-methyl/N-ethyl adjacent to an activating group) is 1. The maximum absolute atomic E-state index is 14.0. The van der Waals surface area contributed by atoms with Gasteiger partial charge in [0, 0.05) is 13.1 Å². The number of sulfonamides is 1. The quantitative estimate of drug-likeness (QED) is 0.171. The lowest BCUT2D eigenvalue weighted by Crippen LogP contribution is -2.69. The summed E-state index contributed by atoms with van der Waals surface area (Å²) in [6.07, 6.45) is -7.40. The largest absolute Gasteiger partial charge is 0.460 e. The van der Waals surface area contributed by atoms with Gasteiger partial charge in [0.1, 0.15) is 0 Å². The number of nitrogens with zero attached hydrogens (tertiary/aromatic N) is 1. The van der Waals surface area contributed by atoms with Crippen LogP contribution in [0.25, 0.3) is 0 Å². The zero-order valence-electron chi connectivity index (χ0n) is 19.2. The molecule has 8 nitrogen and oxygen atoms in total. The van der Waals surface area contributed by atoms with E-state index in [1.165, 1.54) is 0 Å². The molecule has 0 radical (unpaired) electrons. The number of hydrogen-bond acceptors (Lipinski definition) is 7. The van der Waals surface area contributed by atoms with Gasteiger partial charge in [0.25, 0.3) is 10.0 Å². The Morgan fingerprint density at radius 2 is 1.00 bits per heavy atom. The van der Waals surface area contributed by atoms with Gasteiger partial charge in [-0.25, -0.2) is 8.42 Å². The molecular weight excluding hydrogens is 571 g/mol. The highest BCUT2D eigenvalue weighted by molar-refractivity contribution is 7.90. The molecule has 0 aromatic carbocycles. The van der Waals surface area contributed by atoms with E-state index >= 15 is 0 Å². The first-order chi connectivity index (χ1) is 16.8. The number of hydrogen-bond donors (Lipinski definition) is 1. The van der Waals surface area contributed by atoms with Crippen LogP contribution in [0.1, 0.15) is 6.92 Å². The predicted molar refractivity (Wildman–Crippen MR) is 102 cm³/mol. The summed E-state index contributed by atoms with van der Waals surface area (Å²) in [4.78, 5) is 0. The molecule has 0 amide bonds. The highest BCUT2D eigenvalue weighted by Gasteiger charge is 2.89. The Morgan fingerprint density at radius 3 is 1.35 bits per heavy atom. The minimum Gasteiger partial charge on any atom is -0.394 e. The van der Waals surface area contributed by atoms with Gasteiger partial charge in [0.05, 0.1) is 59.5 Å². The molecule has 0 unspecified atom stereocenters. The van der Waals surface area contributed by atoms with Gasteiger partial charge in [-0.05, 0) is 0 Å². The first-order valence-corrected chi connectivity index (χ1v) is 11.7. The molecule has 0 bridgehead atoms. The second-order valence-electron chi connectivity index (χ2n) is 6.91. The lowest BCUT2D eigenvalue weighted by atomic mass is 10.0. The predicted octanol–water partition coefficient (Wildman–Crippen LogP) is 2.76. The van der Waals surface area contributed by atoms with E-state index in [4.69, 9.17) is 24.1 Å². The van der Waals surface area contributed by atoms with Gasteiger partial charge in [-0.2, -0.15) is 52.6 Å². The summed E-state index contributed by atoms with van der Waals surface area (Å²) in [6, 6.07) is 0. The molecule has 0 saturated carbocycles. The molecule has 0 atom stereocenters. The fourth-order valence-corrected chi connectivity index (χ4v) is 3.75. The lowest BCUT2D eigenvalue weighted by molar-refractivity contribution is -0.413. The summed E-state index contributed by atoms with van der Waals surface area (Å²) < 4.78 is 188. The summed E-state index contributed by atoms with van der Waals surface area (Å²) in [6.45, 7) is -2.11. The smallest absolute Gasteiger partial charge is 0.394 e. The number of rotatable bonds is 20. The lowest BCUT2D eigenvalue weighted by Gasteiger charge is -2.38. The molecule has 0 heterocycles. The average molecular weight is 597 g/mol. The molecular formula is C17H26F11NO7S. The summed E-state index contributed by atoms with van der Waals surface area (Å²) in [5.41, 5.74) is 0. The van der Waals surface area contributed by atoms with Crippen LogP contribution in [0.3, 0.4) is 0 Å². The first kappa shape index (κ1) is 35.9. The SMILES string of the molecule is CCN(CCOCCOCCOCCOCCO)S(=O)(=O)C(F)(F)C(F)(F)C(F)(F)C(F)(F)C(F)(F)F. The second kappa shape index (κ2) is 14.4. The molecule has 0 aliphatic carbocycles. The van der Waals surface area contributed by atoms with Crippen LogP contribution in [0.5, 0.6) is 0 Å². The summed E-state index contributed by atoms with van der Waals surface area (Å²) >= 11 is 0. The molecule has 1 N–H and O–H groups in total. The van der Waals surface area contributed by atoms with E-state index in [0.717, 1.165) is 6.92 Å². The second-order valence-corrected chi connectivity index (χ2v) is 8.89. The van der Waals surface area contributed by atoms with Crippen LogP contribution in [0.4, 0.5) is 48.3 Å². The van der Waals surface area contributed by atoms with Gasteiger partial charge in [-0.15, -0.1) is 0 Å². The molecule has 0 saturated heterocycles. The zero-order valence-corrected chi connectivity index (χ0v) is 20.0. The topological polar surface area (TPSA) is 94.5 Å². The monoisotopic (exact) mass is 597 g/mol. The van der Waals surface area contributed by atoms with Crippen molar-refractivity contribution in [2.24, 2.45) is 0 Å². The van der Waals surface area contributed by atoms with E-state index < -0.39 is 63.2 Å². The molecule has 0 fully saturated rings. The number of aliphatic hydroxyl groups is 1. The van der Waals surface area contributed by atoms with Gasteiger partial charge in [-0.3, -0.25) is 0 Å². The van der Waals surface area contributed by atoms with E-state index in [2.05, 4.69) is 0 Å². The molecule has 37 heavy (non-hydrogen) atoms.